The number of pyridine rings is 1. The standard InChI is InChI=1S/C16H27N3/c1-16(2)7-4-13(5-8-16)14(18-3)10-12-6-9-19-15(17)11-12/h6,9,11,13-14,18H,4-5,7-8,10H2,1-3H3,(H2,17,19). The zero-order valence-electron chi connectivity index (χ0n) is 12.4. The third kappa shape index (κ3) is 3.93. The van der Waals surface area contributed by atoms with E-state index in [0.29, 0.717) is 17.3 Å². The second-order valence-electron chi connectivity index (χ2n) is 6.69. The van der Waals surface area contributed by atoms with Gasteiger partial charge in [-0.15, -0.1) is 0 Å². The first-order chi connectivity index (χ1) is 9.00. The van der Waals surface area contributed by atoms with E-state index in [4.69, 9.17) is 5.73 Å². The van der Waals surface area contributed by atoms with Crippen LogP contribution in [-0.2, 0) is 6.42 Å². The summed E-state index contributed by atoms with van der Waals surface area (Å²) in [6, 6.07) is 4.63. The van der Waals surface area contributed by atoms with Gasteiger partial charge in [-0.25, -0.2) is 4.98 Å². The lowest BCUT2D eigenvalue weighted by atomic mass is 9.70. The molecule has 1 saturated carbocycles. The Bertz CT molecular complexity index is 404. The van der Waals surface area contributed by atoms with Crippen LogP contribution >= 0.6 is 0 Å². The first-order valence-electron chi connectivity index (χ1n) is 7.38. The topological polar surface area (TPSA) is 50.9 Å². The molecular weight excluding hydrogens is 234 g/mol. The minimum atomic E-state index is 0.538. The number of hydrogen-bond acceptors (Lipinski definition) is 3. The minimum absolute atomic E-state index is 0.538. The largest absolute Gasteiger partial charge is 0.384 e. The molecule has 0 spiro atoms. The fraction of sp³-hybridized carbons (Fsp3) is 0.688. The van der Waals surface area contributed by atoms with Crippen LogP contribution in [0.15, 0.2) is 18.3 Å². The van der Waals surface area contributed by atoms with E-state index in [-0.39, 0.29) is 0 Å². The zero-order chi connectivity index (χ0) is 13.9. The summed E-state index contributed by atoms with van der Waals surface area (Å²) in [7, 11) is 2.08. The third-order valence-corrected chi connectivity index (χ3v) is 4.62. The van der Waals surface area contributed by atoms with Crippen LogP contribution in [0.4, 0.5) is 5.82 Å². The quantitative estimate of drug-likeness (QED) is 0.876. The highest BCUT2D eigenvalue weighted by Crippen LogP contribution is 2.39. The Kier molecular flexibility index (Phi) is 4.46. The summed E-state index contributed by atoms with van der Waals surface area (Å²) in [5, 5.41) is 3.51. The number of nitrogens with two attached hydrogens (primary N) is 1. The van der Waals surface area contributed by atoms with Crippen molar-refractivity contribution < 1.29 is 0 Å². The van der Waals surface area contributed by atoms with Crippen molar-refractivity contribution in [1.82, 2.24) is 10.3 Å². The molecule has 0 bridgehead atoms. The van der Waals surface area contributed by atoms with E-state index >= 15 is 0 Å². The molecule has 3 N–H and O–H groups in total. The summed E-state index contributed by atoms with van der Waals surface area (Å²) in [6.45, 7) is 4.78. The van der Waals surface area contributed by atoms with Gasteiger partial charge in [0.15, 0.2) is 0 Å². The molecular formula is C16H27N3. The van der Waals surface area contributed by atoms with Gasteiger partial charge in [0.25, 0.3) is 0 Å². The smallest absolute Gasteiger partial charge is 0.123 e. The summed E-state index contributed by atoms with van der Waals surface area (Å²) in [6.07, 6.45) is 8.20. The third-order valence-electron chi connectivity index (χ3n) is 4.62. The van der Waals surface area contributed by atoms with Crippen molar-refractivity contribution in [3.8, 4) is 0 Å². The van der Waals surface area contributed by atoms with Crippen LogP contribution in [-0.4, -0.2) is 18.1 Å². The average Bonchev–Trinajstić information content (AvgIpc) is 2.36. The van der Waals surface area contributed by atoms with Crippen molar-refractivity contribution in [1.29, 1.82) is 0 Å². The van der Waals surface area contributed by atoms with Crippen molar-refractivity contribution in [3.05, 3.63) is 23.9 Å². The highest BCUT2D eigenvalue weighted by molar-refractivity contribution is 5.32. The SMILES string of the molecule is CNC(Cc1ccnc(N)c1)C1CCC(C)(C)CC1. The van der Waals surface area contributed by atoms with E-state index in [2.05, 4.69) is 37.3 Å². The zero-order valence-corrected chi connectivity index (χ0v) is 12.4. The molecule has 1 aromatic rings. The Balaban J connectivity index is 1.97. The monoisotopic (exact) mass is 261 g/mol. The minimum Gasteiger partial charge on any atom is -0.384 e. The van der Waals surface area contributed by atoms with Crippen molar-refractivity contribution >= 4 is 5.82 Å². The van der Waals surface area contributed by atoms with Crippen LogP contribution in [0.25, 0.3) is 0 Å². The first-order valence-corrected chi connectivity index (χ1v) is 7.38. The maximum absolute atomic E-state index is 5.76. The van der Waals surface area contributed by atoms with Crippen LogP contribution in [0.2, 0.25) is 0 Å². The Morgan fingerprint density at radius 3 is 2.68 bits per heavy atom. The lowest BCUT2D eigenvalue weighted by Gasteiger charge is -2.38. The van der Waals surface area contributed by atoms with Crippen LogP contribution in [0, 0.1) is 11.3 Å². The average molecular weight is 261 g/mol. The number of anilines is 1. The van der Waals surface area contributed by atoms with E-state index in [1.54, 1.807) is 6.20 Å². The molecule has 0 aliphatic heterocycles. The maximum atomic E-state index is 5.76. The van der Waals surface area contributed by atoms with Gasteiger partial charge in [0.05, 0.1) is 0 Å². The van der Waals surface area contributed by atoms with Crippen LogP contribution in [0.3, 0.4) is 0 Å². The molecule has 0 saturated heterocycles. The van der Waals surface area contributed by atoms with Gasteiger partial charge >= 0.3 is 0 Å². The predicted molar refractivity (Wildman–Crippen MR) is 80.9 cm³/mol. The number of nitrogens with one attached hydrogen (secondary N) is 1. The van der Waals surface area contributed by atoms with Crippen molar-refractivity contribution in [2.45, 2.75) is 52.0 Å². The molecule has 19 heavy (non-hydrogen) atoms. The molecule has 1 atom stereocenters. The molecule has 1 fully saturated rings. The predicted octanol–water partition coefficient (Wildman–Crippen LogP) is 3.01. The summed E-state index contributed by atoms with van der Waals surface area (Å²) < 4.78 is 0. The van der Waals surface area contributed by atoms with Crippen LogP contribution < -0.4 is 11.1 Å². The molecule has 0 aromatic carbocycles. The van der Waals surface area contributed by atoms with E-state index in [1.807, 2.05) is 6.07 Å². The number of aromatic nitrogens is 1. The second-order valence-corrected chi connectivity index (χ2v) is 6.69. The Hall–Kier alpha value is -1.09. The fourth-order valence-corrected chi connectivity index (χ4v) is 3.20. The van der Waals surface area contributed by atoms with Gasteiger partial charge in [0.2, 0.25) is 0 Å². The van der Waals surface area contributed by atoms with Crippen molar-refractivity contribution in [3.63, 3.8) is 0 Å². The Morgan fingerprint density at radius 2 is 2.11 bits per heavy atom. The van der Waals surface area contributed by atoms with E-state index in [0.717, 1.165) is 12.3 Å². The molecule has 3 heteroatoms. The number of hydrogen-bond donors (Lipinski definition) is 2. The van der Waals surface area contributed by atoms with Crippen LogP contribution in [0.1, 0.15) is 45.1 Å². The maximum Gasteiger partial charge on any atom is 0.123 e. The van der Waals surface area contributed by atoms with Crippen LogP contribution in [0.5, 0.6) is 0 Å². The number of likely N-dealkylation sites (N-methyl/N-ethyl adjacent to an activating group) is 1. The Labute approximate surface area is 117 Å². The van der Waals surface area contributed by atoms with E-state index in [1.165, 1.54) is 31.2 Å². The normalized spacial score (nSPS) is 21.2. The molecule has 1 heterocycles. The summed E-state index contributed by atoms with van der Waals surface area (Å²) in [4.78, 5) is 4.06. The molecule has 1 aromatic heterocycles. The summed E-state index contributed by atoms with van der Waals surface area (Å²) in [5.41, 5.74) is 7.58. The molecule has 1 unspecified atom stereocenters. The molecule has 3 nitrogen and oxygen atoms in total. The van der Waals surface area contributed by atoms with Gasteiger partial charge in [-0.2, -0.15) is 0 Å². The van der Waals surface area contributed by atoms with E-state index < -0.39 is 0 Å². The molecule has 2 rings (SSSR count). The molecule has 106 valence electrons. The van der Waals surface area contributed by atoms with Gasteiger partial charge in [-0.3, -0.25) is 0 Å². The number of rotatable bonds is 4. The van der Waals surface area contributed by atoms with Gasteiger partial charge in [-0.1, -0.05) is 13.8 Å². The van der Waals surface area contributed by atoms with Crippen molar-refractivity contribution in [2.24, 2.45) is 11.3 Å². The summed E-state index contributed by atoms with van der Waals surface area (Å²) in [5.74, 6) is 1.41. The molecule has 1 aliphatic rings. The lowest BCUT2D eigenvalue weighted by Crippen LogP contribution is -2.38. The molecule has 1 aliphatic carbocycles. The van der Waals surface area contributed by atoms with Gasteiger partial charge < -0.3 is 11.1 Å². The number of nitrogen functional groups attached to an aromatic ring is 1. The van der Waals surface area contributed by atoms with Gasteiger partial charge in [-0.05, 0) is 68.2 Å². The highest BCUT2D eigenvalue weighted by atomic mass is 14.9. The number of nitrogens with zero attached hydrogens (tertiary/aromatic N) is 1. The van der Waals surface area contributed by atoms with Gasteiger partial charge in [0, 0.05) is 12.2 Å². The lowest BCUT2D eigenvalue weighted by molar-refractivity contribution is 0.163. The van der Waals surface area contributed by atoms with Gasteiger partial charge in [0.1, 0.15) is 5.82 Å². The molecule has 0 amide bonds. The van der Waals surface area contributed by atoms with E-state index in [9.17, 15) is 0 Å². The first kappa shape index (κ1) is 14.3. The van der Waals surface area contributed by atoms with Crippen molar-refractivity contribution in [2.75, 3.05) is 12.8 Å². The Morgan fingerprint density at radius 1 is 1.42 bits per heavy atom. The second kappa shape index (κ2) is 5.91. The highest BCUT2D eigenvalue weighted by Gasteiger charge is 2.30. The molecule has 0 radical (unpaired) electrons. The summed E-state index contributed by atoms with van der Waals surface area (Å²) >= 11 is 0. The fourth-order valence-electron chi connectivity index (χ4n) is 3.20.